The summed E-state index contributed by atoms with van der Waals surface area (Å²) in [7, 11) is 0. The molecule has 1 aromatic carbocycles. The maximum absolute atomic E-state index is 12.7. The van der Waals surface area contributed by atoms with E-state index in [1.165, 1.54) is 17.0 Å². The van der Waals surface area contributed by atoms with Gasteiger partial charge in [0, 0.05) is 18.8 Å². The first kappa shape index (κ1) is 20.8. The molecule has 0 radical (unpaired) electrons. The van der Waals surface area contributed by atoms with Gasteiger partial charge in [-0.05, 0) is 37.5 Å². The van der Waals surface area contributed by atoms with Gasteiger partial charge in [-0.1, -0.05) is 49.1 Å². The predicted molar refractivity (Wildman–Crippen MR) is 117 cm³/mol. The summed E-state index contributed by atoms with van der Waals surface area (Å²) in [6, 6.07) is 11.3. The summed E-state index contributed by atoms with van der Waals surface area (Å²) < 4.78 is 2.44. The molecule has 0 unspecified atom stereocenters. The molecule has 2 amide bonds. The van der Waals surface area contributed by atoms with Crippen LogP contribution in [0.1, 0.15) is 53.6 Å². The molecule has 31 heavy (non-hydrogen) atoms. The van der Waals surface area contributed by atoms with Crippen LogP contribution in [-0.4, -0.2) is 32.0 Å². The third-order valence-corrected chi connectivity index (χ3v) is 5.68. The van der Waals surface area contributed by atoms with Gasteiger partial charge in [-0.15, -0.1) is 5.10 Å². The number of pyridine rings is 1. The molecule has 2 aromatic heterocycles. The molecule has 2 N–H and O–H groups in total. The highest BCUT2D eigenvalue weighted by atomic mass is 16.2. The lowest BCUT2D eigenvalue weighted by Crippen LogP contribution is -2.40. The number of carbonyl (C=O) groups is 2. The Labute approximate surface area is 180 Å². The lowest BCUT2D eigenvalue weighted by Gasteiger charge is -2.22. The summed E-state index contributed by atoms with van der Waals surface area (Å²) >= 11 is 0. The number of hydrogen-bond acceptors (Lipinski definition) is 4. The average molecular weight is 422 g/mol. The molecule has 0 atom stereocenters. The first-order valence-electron chi connectivity index (χ1n) is 10.7. The normalized spacial score (nSPS) is 14.5. The summed E-state index contributed by atoms with van der Waals surface area (Å²) in [4.78, 5) is 37.6. The molecular formula is C23H27N5O3. The number of fused-ring (bicyclic) bond motifs is 1. The molecule has 0 aliphatic heterocycles. The lowest BCUT2D eigenvalue weighted by molar-refractivity contribution is -0.122. The second-order valence-electron chi connectivity index (χ2n) is 8.16. The molecule has 3 aromatic rings. The summed E-state index contributed by atoms with van der Waals surface area (Å²) in [5.41, 5.74) is 2.46. The van der Waals surface area contributed by atoms with Gasteiger partial charge in [0.25, 0.3) is 5.91 Å². The van der Waals surface area contributed by atoms with Crippen LogP contribution < -0.4 is 16.3 Å². The number of hydrogen-bond donors (Lipinski definition) is 2. The number of rotatable bonds is 6. The van der Waals surface area contributed by atoms with Crippen LogP contribution in [0.25, 0.3) is 5.65 Å². The first-order chi connectivity index (χ1) is 15.0. The minimum atomic E-state index is -0.443. The minimum absolute atomic E-state index is 0.133. The molecule has 0 bridgehead atoms. The van der Waals surface area contributed by atoms with Gasteiger partial charge in [0.05, 0.1) is 5.56 Å². The fourth-order valence-corrected chi connectivity index (χ4v) is 3.90. The average Bonchev–Trinajstić information content (AvgIpc) is 3.08. The third-order valence-electron chi connectivity index (χ3n) is 5.68. The molecule has 4 rings (SSSR count). The van der Waals surface area contributed by atoms with Crippen molar-refractivity contribution in [1.82, 2.24) is 24.8 Å². The predicted octanol–water partition coefficient (Wildman–Crippen LogP) is 2.18. The largest absolute Gasteiger partial charge is 0.352 e. The van der Waals surface area contributed by atoms with E-state index in [-0.39, 0.29) is 24.4 Å². The van der Waals surface area contributed by atoms with E-state index < -0.39 is 5.69 Å². The lowest BCUT2D eigenvalue weighted by atomic mass is 9.95. The van der Waals surface area contributed by atoms with Crippen molar-refractivity contribution in [3.63, 3.8) is 0 Å². The third kappa shape index (κ3) is 5.02. The van der Waals surface area contributed by atoms with Gasteiger partial charge >= 0.3 is 5.69 Å². The molecule has 1 saturated carbocycles. The van der Waals surface area contributed by atoms with Crippen LogP contribution in [0.4, 0.5) is 0 Å². The van der Waals surface area contributed by atoms with Crippen molar-refractivity contribution in [3.05, 3.63) is 69.8 Å². The molecule has 2 heterocycles. The van der Waals surface area contributed by atoms with Crippen LogP contribution in [0.5, 0.6) is 0 Å². The summed E-state index contributed by atoms with van der Waals surface area (Å²) in [6.45, 7) is 2.27. The van der Waals surface area contributed by atoms with Crippen molar-refractivity contribution in [1.29, 1.82) is 0 Å². The number of aromatic nitrogens is 3. The molecule has 8 nitrogen and oxygen atoms in total. The maximum atomic E-state index is 12.7. The Balaban J connectivity index is 1.43. The summed E-state index contributed by atoms with van der Waals surface area (Å²) in [5.74, 6) is -0.495. The molecule has 0 saturated heterocycles. The van der Waals surface area contributed by atoms with E-state index in [4.69, 9.17) is 0 Å². The summed E-state index contributed by atoms with van der Waals surface area (Å²) in [5, 5.41) is 10.1. The first-order valence-corrected chi connectivity index (χ1v) is 10.7. The smallest absolute Gasteiger partial charge is 0.350 e. The van der Waals surface area contributed by atoms with E-state index in [2.05, 4.69) is 15.7 Å². The van der Waals surface area contributed by atoms with Crippen LogP contribution in [0.3, 0.4) is 0 Å². The zero-order valence-corrected chi connectivity index (χ0v) is 17.6. The molecule has 1 aliphatic carbocycles. The Morgan fingerprint density at radius 3 is 2.55 bits per heavy atom. The van der Waals surface area contributed by atoms with E-state index in [1.807, 2.05) is 31.2 Å². The maximum Gasteiger partial charge on any atom is 0.350 e. The van der Waals surface area contributed by atoms with Crippen molar-refractivity contribution in [2.24, 2.45) is 0 Å². The van der Waals surface area contributed by atoms with E-state index in [0.29, 0.717) is 17.8 Å². The number of carbonyl (C=O) groups excluding carboxylic acids is 2. The Bertz CT molecular complexity index is 1140. The van der Waals surface area contributed by atoms with Crippen molar-refractivity contribution in [2.75, 3.05) is 0 Å². The van der Waals surface area contributed by atoms with Crippen LogP contribution in [0, 0.1) is 6.92 Å². The molecule has 1 fully saturated rings. The zero-order chi connectivity index (χ0) is 21.8. The fourth-order valence-electron chi connectivity index (χ4n) is 3.90. The summed E-state index contributed by atoms with van der Waals surface area (Å²) in [6.07, 6.45) is 6.87. The number of aryl methyl sites for hydroxylation is 1. The quantitative estimate of drug-likeness (QED) is 0.638. The number of amides is 2. The van der Waals surface area contributed by atoms with Gasteiger partial charge in [0.1, 0.15) is 6.54 Å². The van der Waals surface area contributed by atoms with Crippen molar-refractivity contribution in [3.8, 4) is 0 Å². The van der Waals surface area contributed by atoms with Crippen LogP contribution in [0.15, 0.2) is 47.4 Å². The Hall–Kier alpha value is -3.42. The Kier molecular flexibility index (Phi) is 6.16. The van der Waals surface area contributed by atoms with Crippen LogP contribution in [0.2, 0.25) is 0 Å². The highest BCUT2D eigenvalue weighted by molar-refractivity contribution is 5.94. The van der Waals surface area contributed by atoms with Crippen molar-refractivity contribution >= 4 is 17.5 Å². The van der Waals surface area contributed by atoms with Gasteiger partial charge in [-0.2, -0.15) is 0 Å². The molecule has 162 valence electrons. The van der Waals surface area contributed by atoms with Gasteiger partial charge < -0.3 is 10.6 Å². The number of nitrogens with one attached hydrogen (secondary N) is 2. The highest BCUT2D eigenvalue weighted by Crippen LogP contribution is 2.17. The standard InChI is InChI=1S/C23H27N5O3/c1-16-7-9-17(10-8-16)13-24-22(30)18-11-12-20-26-28(23(31)27(20)14-18)15-21(29)25-19-5-3-2-4-6-19/h7-12,14,19H,2-6,13,15H2,1H3,(H,24,30)(H,25,29). The molecule has 0 spiro atoms. The van der Waals surface area contributed by atoms with Crippen molar-refractivity contribution in [2.45, 2.75) is 58.2 Å². The monoisotopic (exact) mass is 421 g/mol. The van der Waals surface area contributed by atoms with Crippen LogP contribution >= 0.6 is 0 Å². The second kappa shape index (κ2) is 9.16. The van der Waals surface area contributed by atoms with Gasteiger partial charge in [-0.3, -0.25) is 9.59 Å². The molecule has 1 aliphatic rings. The van der Waals surface area contributed by atoms with Crippen molar-refractivity contribution < 1.29 is 9.59 Å². The Morgan fingerprint density at radius 1 is 1.06 bits per heavy atom. The molecular weight excluding hydrogens is 394 g/mol. The van der Waals surface area contributed by atoms with E-state index in [1.54, 1.807) is 12.1 Å². The number of nitrogens with zero attached hydrogens (tertiary/aromatic N) is 3. The van der Waals surface area contributed by atoms with E-state index >= 15 is 0 Å². The second-order valence-corrected chi connectivity index (χ2v) is 8.16. The molecule has 8 heteroatoms. The topological polar surface area (TPSA) is 97.5 Å². The Morgan fingerprint density at radius 2 is 1.81 bits per heavy atom. The van der Waals surface area contributed by atoms with Gasteiger partial charge in [0.2, 0.25) is 5.91 Å². The van der Waals surface area contributed by atoms with Gasteiger partial charge in [0.15, 0.2) is 5.65 Å². The highest BCUT2D eigenvalue weighted by Gasteiger charge is 2.18. The van der Waals surface area contributed by atoms with E-state index in [0.717, 1.165) is 41.5 Å². The SMILES string of the molecule is Cc1ccc(CNC(=O)c2ccc3nn(CC(=O)NC4CCCCC4)c(=O)n3c2)cc1. The zero-order valence-electron chi connectivity index (χ0n) is 17.6. The fraction of sp³-hybridized carbons (Fsp3) is 0.391. The van der Waals surface area contributed by atoms with Gasteiger partial charge in [-0.25, -0.2) is 13.9 Å². The van der Waals surface area contributed by atoms with Crippen LogP contribution in [-0.2, 0) is 17.9 Å². The number of benzene rings is 1. The minimum Gasteiger partial charge on any atom is -0.352 e. The van der Waals surface area contributed by atoms with E-state index in [9.17, 15) is 14.4 Å².